The molecule has 17 heavy (non-hydrogen) atoms. The first kappa shape index (κ1) is 12.3. The van der Waals surface area contributed by atoms with Crippen molar-refractivity contribution in [2.24, 2.45) is 0 Å². The minimum atomic E-state index is 0.883. The molecule has 0 aliphatic rings. The number of pyridine rings is 1. The largest absolute Gasteiger partial charge is 0.308 e. The Labute approximate surface area is 107 Å². The molecule has 0 aliphatic carbocycles. The van der Waals surface area contributed by atoms with Crippen LogP contribution in [0.15, 0.2) is 29.8 Å². The van der Waals surface area contributed by atoms with Gasteiger partial charge in [0.1, 0.15) is 0 Å². The molecule has 0 spiro atoms. The standard InChI is InChI=1S/C14H18N2S/c1-3-13-6-7-17-14(13)10-15-8-12-5-4-11(2)16-9-12/h4-7,9,15H,3,8,10H2,1-2H3. The Hall–Kier alpha value is -1.19. The molecule has 1 N–H and O–H groups in total. The Balaban J connectivity index is 1.85. The molecular weight excluding hydrogens is 228 g/mol. The lowest BCUT2D eigenvalue weighted by Crippen LogP contribution is -2.12. The summed E-state index contributed by atoms with van der Waals surface area (Å²) in [5, 5.41) is 5.64. The minimum Gasteiger partial charge on any atom is -0.308 e. The molecule has 2 aromatic heterocycles. The van der Waals surface area contributed by atoms with Crippen molar-refractivity contribution < 1.29 is 0 Å². The van der Waals surface area contributed by atoms with Crippen LogP contribution < -0.4 is 5.32 Å². The van der Waals surface area contributed by atoms with E-state index in [1.165, 1.54) is 16.0 Å². The first-order chi connectivity index (χ1) is 8.29. The van der Waals surface area contributed by atoms with Gasteiger partial charge >= 0.3 is 0 Å². The summed E-state index contributed by atoms with van der Waals surface area (Å²) in [5.41, 5.74) is 3.77. The van der Waals surface area contributed by atoms with Crippen molar-refractivity contribution in [1.29, 1.82) is 0 Å². The molecule has 0 aliphatic heterocycles. The fraction of sp³-hybridized carbons (Fsp3) is 0.357. The van der Waals surface area contributed by atoms with Crippen LogP contribution in [-0.2, 0) is 19.5 Å². The first-order valence-corrected chi connectivity index (χ1v) is 6.85. The van der Waals surface area contributed by atoms with E-state index in [0.29, 0.717) is 0 Å². The summed E-state index contributed by atoms with van der Waals surface area (Å²) in [6.07, 6.45) is 3.06. The third kappa shape index (κ3) is 3.38. The lowest BCUT2D eigenvalue weighted by Gasteiger charge is -2.05. The van der Waals surface area contributed by atoms with Crippen molar-refractivity contribution in [2.75, 3.05) is 0 Å². The fourth-order valence-corrected chi connectivity index (χ4v) is 2.71. The highest BCUT2D eigenvalue weighted by Gasteiger charge is 2.01. The van der Waals surface area contributed by atoms with Crippen molar-refractivity contribution >= 4 is 11.3 Å². The molecule has 0 fully saturated rings. The van der Waals surface area contributed by atoms with Crippen LogP contribution in [-0.4, -0.2) is 4.98 Å². The van der Waals surface area contributed by atoms with Gasteiger partial charge in [0.25, 0.3) is 0 Å². The summed E-state index contributed by atoms with van der Waals surface area (Å²) in [5.74, 6) is 0. The molecule has 2 nitrogen and oxygen atoms in total. The predicted molar refractivity (Wildman–Crippen MR) is 73.2 cm³/mol. The smallest absolute Gasteiger partial charge is 0.0372 e. The normalized spacial score (nSPS) is 10.7. The molecule has 0 aromatic carbocycles. The Bertz CT molecular complexity index is 459. The molecule has 2 aromatic rings. The number of nitrogens with zero attached hydrogens (tertiary/aromatic N) is 1. The van der Waals surface area contributed by atoms with E-state index in [1.807, 2.05) is 24.5 Å². The number of rotatable bonds is 5. The summed E-state index contributed by atoms with van der Waals surface area (Å²) in [6.45, 7) is 6.05. The van der Waals surface area contributed by atoms with Crippen LogP contribution in [0.2, 0.25) is 0 Å². The molecule has 2 heterocycles. The highest BCUT2D eigenvalue weighted by atomic mass is 32.1. The zero-order valence-electron chi connectivity index (χ0n) is 10.4. The Morgan fingerprint density at radius 1 is 1.24 bits per heavy atom. The number of aromatic nitrogens is 1. The van der Waals surface area contributed by atoms with Gasteiger partial charge in [-0.05, 0) is 42.0 Å². The van der Waals surface area contributed by atoms with Crippen molar-refractivity contribution in [2.45, 2.75) is 33.4 Å². The van der Waals surface area contributed by atoms with Crippen molar-refractivity contribution in [1.82, 2.24) is 10.3 Å². The van der Waals surface area contributed by atoms with Gasteiger partial charge in [-0.15, -0.1) is 11.3 Å². The SMILES string of the molecule is CCc1ccsc1CNCc1ccc(C)nc1. The van der Waals surface area contributed by atoms with Gasteiger partial charge in [-0.3, -0.25) is 4.98 Å². The number of aryl methyl sites for hydroxylation is 2. The second-order valence-corrected chi connectivity index (χ2v) is 5.13. The maximum absolute atomic E-state index is 4.29. The molecule has 0 saturated heterocycles. The maximum Gasteiger partial charge on any atom is 0.0372 e. The Morgan fingerprint density at radius 2 is 2.12 bits per heavy atom. The van der Waals surface area contributed by atoms with Crippen LogP contribution in [0, 0.1) is 6.92 Å². The zero-order chi connectivity index (χ0) is 12.1. The maximum atomic E-state index is 4.29. The third-order valence-corrected chi connectivity index (χ3v) is 3.77. The lowest BCUT2D eigenvalue weighted by atomic mass is 10.2. The molecule has 0 unspecified atom stereocenters. The fourth-order valence-electron chi connectivity index (χ4n) is 1.76. The molecule has 0 bridgehead atoms. The summed E-state index contributed by atoms with van der Waals surface area (Å²) in [7, 11) is 0. The number of hydrogen-bond acceptors (Lipinski definition) is 3. The quantitative estimate of drug-likeness (QED) is 0.875. The molecule has 3 heteroatoms. The van der Waals surface area contributed by atoms with Crippen LogP contribution in [0.5, 0.6) is 0 Å². The molecule has 90 valence electrons. The second kappa shape index (κ2) is 5.94. The Kier molecular flexibility index (Phi) is 4.29. The summed E-state index contributed by atoms with van der Waals surface area (Å²) in [6, 6.07) is 6.40. The molecule has 0 amide bonds. The lowest BCUT2D eigenvalue weighted by molar-refractivity contribution is 0.694. The minimum absolute atomic E-state index is 0.883. The van der Waals surface area contributed by atoms with Gasteiger partial charge in [0, 0.05) is 29.9 Å². The molecule has 0 saturated carbocycles. The highest BCUT2D eigenvalue weighted by molar-refractivity contribution is 7.10. The van der Waals surface area contributed by atoms with Crippen LogP contribution in [0.25, 0.3) is 0 Å². The average molecular weight is 246 g/mol. The number of hydrogen-bond donors (Lipinski definition) is 1. The summed E-state index contributed by atoms with van der Waals surface area (Å²) >= 11 is 1.83. The van der Waals surface area contributed by atoms with E-state index in [0.717, 1.165) is 25.2 Å². The topological polar surface area (TPSA) is 24.9 Å². The van der Waals surface area contributed by atoms with E-state index in [-0.39, 0.29) is 0 Å². The van der Waals surface area contributed by atoms with Crippen molar-refractivity contribution in [3.8, 4) is 0 Å². The summed E-state index contributed by atoms with van der Waals surface area (Å²) < 4.78 is 0. The van der Waals surface area contributed by atoms with Crippen molar-refractivity contribution in [3.63, 3.8) is 0 Å². The van der Waals surface area contributed by atoms with Gasteiger partial charge < -0.3 is 5.32 Å². The van der Waals surface area contributed by atoms with Crippen molar-refractivity contribution in [3.05, 3.63) is 51.5 Å². The van der Waals surface area contributed by atoms with Gasteiger partial charge in [0.05, 0.1) is 0 Å². The van der Waals surface area contributed by atoms with E-state index in [9.17, 15) is 0 Å². The zero-order valence-corrected chi connectivity index (χ0v) is 11.2. The third-order valence-electron chi connectivity index (χ3n) is 2.81. The van der Waals surface area contributed by atoms with E-state index in [1.54, 1.807) is 0 Å². The Morgan fingerprint density at radius 3 is 2.82 bits per heavy atom. The van der Waals surface area contributed by atoms with Crippen LogP contribution in [0.4, 0.5) is 0 Å². The number of thiophene rings is 1. The van der Waals surface area contributed by atoms with Gasteiger partial charge in [0.2, 0.25) is 0 Å². The second-order valence-electron chi connectivity index (χ2n) is 4.13. The molecular formula is C14H18N2S. The van der Waals surface area contributed by atoms with E-state index in [4.69, 9.17) is 0 Å². The predicted octanol–water partition coefficient (Wildman–Crippen LogP) is 3.30. The summed E-state index contributed by atoms with van der Waals surface area (Å²) in [4.78, 5) is 5.74. The first-order valence-electron chi connectivity index (χ1n) is 5.97. The van der Waals surface area contributed by atoms with E-state index < -0.39 is 0 Å². The van der Waals surface area contributed by atoms with E-state index in [2.05, 4.69) is 40.8 Å². The van der Waals surface area contributed by atoms with Gasteiger partial charge in [0.15, 0.2) is 0 Å². The average Bonchev–Trinajstić information content (AvgIpc) is 2.79. The van der Waals surface area contributed by atoms with Crippen LogP contribution in [0.1, 0.15) is 28.6 Å². The molecule has 0 radical (unpaired) electrons. The van der Waals surface area contributed by atoms with Gasteiger partial charge in [-0.25, -0.2) is 0 Å². The molecule has 2 rings (SSSR count). The molecule has 0 atom stereocenters. The number of nitrogens with one attached hydrogen (secondary N) is 1. The van der Waals surface area contributed by atoms with Gasteiger partial charge in [-0.2, -0.15) is 0 Å². The monoisotopic (exact) mass is 246 g/mol. The van der Waals surface area contributed by atoms with Crippen LogP contribution >= 0.6 is 11.3 Å². The highest BCUT2D eigenvalue weighted by Crippen LogP contribution is 2.17. The van der Waals surface area contributed by atoms with Crippen LogP contribution in [0.3, 0.4) is 0 Å². The van der Waals surface area contributed by atoms with Gasteiger partial charge in [-0.1, -0.05) is 13.0 Å². The van der Waals surface area contributed by atoms with E-state index >= 15 is 0 Å².